The fourth-order valence-corrected chi connectivity index (χ4v) is 2.83. The zero-order chi connectivity index (χ0) is 19.8. The predicted octanol–water partition coefficient (Wildman–Crippen LogP) is 3.90. The minimum atomic E-state index is 0. The van der Waals surface area contributed by atoms with Crippen molar-refractivity contribution in [2.45, 2.75) is 33.9 Å². The second-order valence-electron chi connectivity index (χ2n) is 6.32. The first-order chi connectivity index (χ1) is 13.0. The highest BCUT2D eigenvalue weighted by molar-refractivity contribution is 14.0. The summed E-state index contributed by atoms with van der Waals surface area (Å²) in [7, 11) is 3.25. The number of rotatable bonds is 7. The molecule has 0 atom stereocenters. The van der Waals surface area contributed by atoms with Crippen LogP contribution < -0.4 is 20.1 Å². The standard InChI is InChI=1S/C21H29N3O3.HI/c1-6-22-21(24-13-17-9-14(2)20(25)15(3)10-17)23-12-16-7-8-18(26-4)19(11-16)27-5;/h7-11,25H,6,12-13H2,1-5H3,(H2,22,23,24);1H. The number of methoxy groups -OCH3 is 2. The van der Waals surface area contributed by atoms with E-state index in [0.717, 1.165) is 34.8 Å². The molecule has 2 rings (SSSR count). The maximum atomic E-state index is 9.90. The molecule has 0 saturated carbocycles. The molecule has 2 aromatic carbocycles. The number of nitrogens with zero attached hydrogens (tertiary/aromatic N) is 1. The van der Waals surface area contributed by atoms with E-state index in [0.29, 0.717) is 30.3 Å². The second-order valence-corrected chi connectivity index (χ2v) is 6.32. The fourth-order valence-electron chi connectivity index (χ4n) is 2.83. The number of benzene rings is 2. The molecule has 28 heavy (non-hydrogen) atoms. The number of halogens is 1. The molecule has 0 spiro atoms. The molecular weight excluding hydrogens is 469 g/mol. The summed E-state index contributed by atoms with van der Waals surface area (Å²) in [6, 6.07) is 9.75. The maximum Gasteiger partial charge on any atom is 0.191 e. The molecule has 0 aromatic heterocycles. The zero-order valence-electron chi connectivity index (χ0n) is 17.1. The van der Waals surface area contributed by atoms with Crippen LogP contribution in [-0.2, 0) is 13.1 Å². The van der Waals surface area contributed by atoms with Gasteiger partial charge in [-0.25, -0.2) is 4.99 Å². The highest BCUT2D eigenvalue weighted by Gasteiger charge is 2.06. The van der Waals surface area contributed by atoms with E-state index in [-0.39, 0.29) is 24.0 Å². The van der Waals surface area contributed by atoms with Crippen molar-refractivity contribution in [3.63, 3.8) is 0 Å². The molecule has 0 aliphatic rings. The highest BCUT2D eigenvalue weighted by Crippen LogP contribution is 2.27. The van der Waals surface area contributed by atoms with Gasteiger partial charge in [-0.05, 0) is 55.2 Å². The number of ether oxygens (including phenoxy) is 2. The van der Waals surface area contributed by atoms with Gasteiger partial charge in [0.25, 0.3) is 0 Å². The first kappa shape index (κ1) is 23.9. The van der Waals surface area contributed by atoms with E-state index in [9.17, 15) is 5.11 Å². The monoisotopic (exact) mass is 499 g/mol. The number of aromatic hydroxyl groups is 1. The van der Waals surface area contributed by atoms with E-state index in [1.807, 2.05) is 51.1 Å². The maximum absolute atomic E-state index is 9.90. The minimum Gasteiger partial charge on any atom is -0.507 e. The number of nitrogens with one attached hydrogen (secondary N) is 2. The van der Waals surface area contributed by atoms with Crippen molar-refractivity contribution >= 4 is 29.9 Å². The molecule has 0 radical (unpaired) electrons. The third kappa shape index (κ3) is 6.47. The van der Waals surface area contributed by atoms with E-state index >= 15 is 0 Å². The molecule has 0 saturated heterocycles. The van der Waals surface area contributed by atoms with Gasteiger partial charge >= 0.3 is 0 Å². The summed E-state index contributed by atoms with van der Waals surface area (Å²) in [5.74, 6) is 2.49. The molecule has 3 N–H and O–H groups in total. The Morgan fingerprint density at radius 2 is 1.61 bits per heavy atom. The van der Waals surface area contributed by atoms with E-state index in [1.54, 1.807) is 14.2 Å². The number of hydrogen-bond donors (Lipinski definition) is 3. The van der Waals surface area contributed by atoms with Gasteiger partial charge in [0.2, 0.25) is 0 Å². The summed E-state index contributed by atoms with van der Waals surface area (Å²) in [5.41, 5.74) is 3.85. The number of phenolic OH excluding ortho intramolecular Hbond substituents is 1. The third-order valence-electron chi connectivity index (χ3n) is 4.22. The topological polar surface area (TPSA) is 75.1 Å². The normalized spacial score (nSPS) is 10.8. The number of aryl methyl sites for hydroxylation is 2. The van der Waals surface area contributed by atoms with Crippen LogP contribution >= 0.6 is 24.0 Å². The van der Waals surface area contributed by atoms with Crippen LogP contribution in [0, 0.1) is 13.8 Å². The molecule has 0 aliphatic carbocycles. The lowest BCUT2D eigenvalue weighted by Crippen LogP contribution is -2.36. The van der Waals surface area contributed by atoms with Crippen LogP contribution in [0.3, 0.4) is 0 Å². The van der Waals surface area contributed by atoms with Crippen molar-refractivity contribution in [1.82, 2.24) is 10.6 Å². The summed E-state index contributed by atoms with van der Waals surface area (Å²) < 4.78 is 10.6. The van der Waals surface area contributed by atoms with Crippen molar-refractivity contribution in [3.8, 4) is 17.2 Å². The summed E-state index contributed by atoms with van der Waals surface area (Å²) in [6.45, 7) is 7.74. The van der Waals surface area contributed by atoms with Gasteiger partial charge in [0.05, 0.1) is 20.8 Å². The molecule has 0 bridgehead atoms. The summed E-state index contributed by atoms with van der Waals surface area (Å²) in [6.07, 6.45) is 0. The quantitative estimate of drug-likeness (QED) is 0.306. The summed E-state index contributed by atoms with van der Waals surface area (Å²) >= 11 is 0. The molecule has 0 heterocycles. The van der Waals surface area contributed by atoms with Crippen LogP contribution in [0.1, 0.15) is 29.2 Å². The molecule has 7 heteroatoms. The van der Waals surface area contributed by atoms with Crippen molar-refractivity contribution < 1.29 is 14.6 Å². The van der Waals surface area contributed by atoms with Crippen LogP contribution in [0.5, 0.6) is 17.2 Å². The van der Waals surface area contributed by atoms with Crippen LogP contribution in [0.2, 0.25) is 0 Å². The van der Waals surface area contributed by atoms with E-state index in [4.69, 9.17) is 9.47 Å². The number of hydrogen-bond acceptors (Lipinski definition) is 4. The molecule has 0 amide bonds. The van der Waals surface area contributed by atoms with Crippen molar-refractivity contribution in [3.05, 3.63) is 52.6 Å². The lowest BCUT2D eigenvalue weighted by Gasteiger charge is -2.13. The van der Waals surface area contributed by atoms with Crippen LogP contribution in [0.4, 0.5) is 0 Å². The molecular formula is C21H30IN3O3. The van der Waals surface area contributed by atoms with Gasteiger partial charge in [0.15, 0.2) is 17.5 Å². The Morgan fingerprint density at radius 1 is 0.964 bits per heavy atom. The Bertz CT molecular complexity index is 786. The second kappa shape index (κ2) is 11.6. The third-order valence-corrected chi connectivity index (χ3v) is 4.22. The van der Waals surface area contributed by atoms with Crippen LogP contribution in [0.15, 0.2) is 35.3 Å². The van der Waals surface area contributed by atoms with Crippen molar-refractivity contribution in [1.29, 1.82) is 0 Å². The molecule has 0 aliphatic heterocycles. The van der Waals surface area contributed by atoms with Gasteiger partial charge < -0.3 is 25.2 Å². The number of aliphatic imine (C=N–C) groups is 1. The van der Waals surface area contributed by atoms with Crippen LogP contribution in [-0.4, -0.2) is 31.8 Å². The van der Waals surface area contributed by atoms with Gasteiger partial charge in [-0.15, -0.1) is 24.0 Å². The van der Waals surface area contributed by atoms with Gasteiger partial charge in [-0.2, -0.15) is 0 Å². The smallest absolute Gasteiger partial charge is 0.191 e. The first-order valence-corrected chi connectivity index (χ1v) is 9.00. The zero-order valence-corrected chi connectivity index (χ0v) is 19.5. The molecule has 154 valence electrons. The Hall–Kier alpha value is -2.16. The molecule has 0 fully saturated rings. The molecule has 2 aromatic rings. The van der Waals surface area contributed by atoms with Gasteiger partial charge in [0, 0.05) is 13.1 Å². The van der Waals surface area contributed by atoms with Gasteiger partial charge in [-0.1, -0.05) is 18.2 Å². The highest BCUT2D eigenvalue weighted by atomic mass is 127. The molecule has 6 nitrogen and oxygen atoms in total. The van der Waals surface area contributed by atoms with E-state index in [2.05, 4.69) is 15.6 Å². The number of phenols is 1. The Labute approximate surface area is 184 Å². The lowest BCUT2D eigenvalue weighted by atomic mass is 10.1. The largest absolute Gasteiger partial charge is 0.507 e. The minimum absolute atomic E-state index is 0. The average molecular weight is 499 g/mol. The SMILES string of the molecule is CCNC(=NCc1cc(C)c(O)c(C)c1)NCc1ccc(OC)c(OC)c1.I. The predicted molar refractivity (Wildman–Crippen MR) is 124 cm³/mol. The van der Waals surface area contributed by atoms with Crippen LogP contribution in [0.25, 0.3) is 0 Å². The summed E-state index contributed by atoms with van der Waals surface area (Å²) in [4.78, 5) is 4.64. The first-order valence-electron chi connectivity index (χ1n) is 9.00. The fraction of sp³-hybridized carbons (Fsp3) is 0.381. The summed E-state index contributed by atoms with van der Waals surface area (Å²) in [5, 5.41) is 16.5. The number of guanidine groups is 1. The van der Waals surface area contributed by atoms with E-state index in [1.165, 1.54) is 0 Å². The van der Waals surface area contributed by atoms with Gasteiger partial charge in [-0.3, -0.25) is 0 Å². The average Bonchev–Trinajstić information content (AvgIpc) is 2.67. The Balaban J connectivity index is 0.00000392. The van der Waals surface area contributed by atoms with Crippen molar-refractivity contribution in [2.75, 3.05) is 20.8 Å². The Kier molecular flexibility index (Phi) is 9.92. The van der Waals surface area contributed by atoms with Crippen molar-refractivity contribution in [2.24, 2.45) is 4.99 Å². The lowest BCUT2D eigenvalue weighted by molar-refractivity contribution is 0.354. The van der Waals surface area contributed by atoms with E-state index < -0.39 is 0 Å². The Morgan fingerprint density at radius 3 is 2.18 bits per heavy atom. The molecule has 0 unspecified atom stereocenters. The van der Waals surface area contributed by atoms with Gasteiger partial charge in [0.1, 0.15) is 5.75 Å².